The Morgan fingerprint density at radius 3 is 2.47 bits per heavy atom. The topological polar surface area (TPSA) is 45.8 Å². The number of aromatic nitrogens is 2. The summed E-state index contributed by atoms with van der Waals surface area (Å²) in [6.45, 7) is 0. The number of H-pyrrole nitrogens is 1. The summed E-state index contributed by atoms with van der Waals surface area (Å²) in [6, 6.07) is 15.7. The first-order valence-corrected chi connectivity index (χ1v) is 7.29. The van der Waals surface area contributed by atoms with Gasteiger partial charge >= 0.3 is 0 Å². The zero-order valence-electron chi connectivity index (χ0n) is 9.87. The molecule has 5 heteroatoms. The van der Waals surface area contributed by atoms with Crippen LogP contribution in [0.1, 0.15) is 0 Å². The van der Waals surface area contributed by atoms with E-state index in [0.717, 1.165) is 10.1 Å². The van der Waals surface area contributed by atoms with Gasteiger partial charge in [-0.3, -0.25) is 9.17 Å². The van der Waals surface area contributed by atoms with E-state index in [1.165, 1.54) is 33.2 Å². The van der Waals surface area contributed by atoms with Gasteiger partial charge in [0.15, 0.2) is 0 Å². The number of rotatable bonds is 0. The maximum absolute atomic E-state index is 10.9. The van der Waals surface area contributed by atoms with E-state index in [-0.39, 0.29) is 5.56 Å². The Balaban J connectivity index is 0.000000117. The van der Waals surface area contributed by atoms with Gasteiger partial charge in [0.25, 0.3) is 5.56 Å². The minimum absolute atomic E-state index is 0.0144. The second-order valence-corrected chi connectivity index (χ2v) is 5.57. The third-order valence-corrected chi connectivity index (χ3v) is 4.29. The summed E-state index contributed by atoms with van der Waals surface area (Å²) < 4.78 is 8.99. The molecule has 0 spiro atoms. The predicted octanol–water partition coefficient (Wildman–Crippen LogP) is 3.89. The average Bonchev–Trinajstić information content (AvgIpc) is 3.07. The smallest absolute Gasteiger partial charge is 0.265 e. The fourth-order valence-corrected chi connectivity index (χ4v) is 3.09. The van der Waals surface area contributed by atoms with E-state index in [9.17, 15) is 4.79 Å². The quantitative estimate of drug-likeness (QED) is 0.533. The summed E-state index contributed by atoms with van der Waals surface area (Å²) in [6.07, 6.45) is 1.89. The Morgan fingerprint density at radius 2 is 1.68 bits per heavy atom. The highest BCUT2D eigenvalue weighted by molar-refractivity contribution is 7.13. The van der Waals surface area contributed by atoms with Crippen LogP contribution < -0.4 is 5.56 Å². The van der Waals surface area contributed by atoms with Gasteiger partial charge in [0.05, 0.1) is 14.8 Å². The minimum Gasteiger partial charge on any atom is -0.277 e. The molecule has 0 saturated carbocycles. The Bertz CT molecular complexity index is 830. The molecule has 0 aliphatic heterocycles. The molecule has 2 aromatic carbocycles. The maximum Gasteiger partial charge on any atom is 0.265 e. The van der Waals surface area contributed by atoms with Crippen LogP contribution in [0.3, 0.4) is 0 Å². The Hall–Kier alpha value is -1.98. The first-order chi connectivity index (χ1) is 9.34. The molecule has 0 aliphatic carbocycles. The van der Waals surface area contributed by atoms with Crippen LogP contribution in [0.5, 0.6) is 0 Å². The molecule has 0 radical (unpaired) electrons. The molecule has 94 valence electrons. The predicted molar refractivity (Wildman–Crippen MR) is 82.1 cm³/mol. The van der Waals surface area contributed by atoms with Gasteiger partial charge in [0, 0.05) is 11.6 Å². The van der Waals surface area contributed by atoms with E-state index >= 15 is 0 Å². The van der Waals surface area contributed by atoms with Crippen LogP contribution >= 0.6 is 23.1 Å². The van der Waals surface area contributed by atoms with E-state index in [4.69, 9.17) is 0 Å². The monoisotopic (exact) mass is 286 g/mol. The lowest BCUT2D eigenvalue weighted by Gasteiger charge is -1.80. The number of aromatic amines is 1. The molecule has 0 unspecified atom stereocenters. The highest BCUT2D eigenvalue weighted by atomic mass is 32.1. The lowest BCUT2D eigenvalue weighted by Crippen LogP contribution is -1.94. The van der Waals surface area contributed by atoms with Crippen molar-refractivity contribution in [1.29, 1.82) is 0 Å². The molecule has 0 bridgehead atoms. The molecule has 4 aromatic rings. The van der Waals surface area contributed by atoms with Crippen molar-refractivity contribution in [2.75, 3.05) is 0 Å². The molecule has 0 atom stereocenters. The molecule has 0 aliphatic rings. The molecule has 3 nitrogen and oxygen atoms in total. The first kappa shape index (κ1) is 12.1. The highest BCUT2D eigenvalue weighted by Gasteiger charge is 1.96. The van der Waals surface area contributed by atoms with Crippen molar-refractivity contribution in [2.45, 2.75) is 0 Å². The second kappa shape index (κ2) is 5.34. The van der Waals surface area contributed by atoms with Crippen molar-refractivity contribution in [3.05, 3.63) is 65.1 Å². The summed E-state index contributed by atoms with van der Waals surface area (Å²) >= 11 is 2.91. The van der Waals surface area contributed by atoms with Crippen LogP contribution in [0.15, 0.2) is 59.5 Å². The molecule has 1 N–H and O–H groups in total. The van der Waals surface area contributed by atoms with Gasteiger partial charge in [-0.15, -0.1) is 0 Å². The van der Waals surface area contributed by atoms with Crippen LogP contribution in [-0.2, 0) is 0 Å². The van der Waals surface area contributed by atoms with Gasteiger partial charge in [-0.2, -0.15) is 4.37 Å². The van der Waals surface area contributed by atoms with Gasteiger partial charge in [-0.05, 0) is 29.7 Å². The minimum atomic E-state index is 0.0144. The van der Waals surface area contributed by atoms with Crippen LogP contribution in [0, 0.1) is 0 Å². The van der Waals surface area contributed by atoms with Gasteiger partial charge in [-0.1, -0.05) is 41.9 Å². The van der Waals surface area contributed by atoms with Gasteiger partial charge in [-0.25, -0.2) is 0 Å². The van der Waals surface area contributed by atoms with Crippen molar-refractivity contribution < 1.29 is 0 Å². The summed E-state index contributed by atoms with van der Waals surface area (Å²) in [5, 5.41) is 2.02. The lowest BCUT2D eigenvalue weighted by atomic mass is 10.3. The molecule has 4 rings (SSSR count). The van der Waals surface area contributed by atoms with Crippen LogP contribution in [0.25, 0.3) is 20.2 Å². The van der Waals surface area contributed by atoms with Crippen molar-refractivity contribution in [3.63, 3.8) is 0 Å². The van der Waals surface area contributed by atoms with Crippen LogP contribution in [0.2, 0.25) is 0 Å². The van der Waals surface area contributed by atoms with Crippen LogP contribution in [0.4, 0.5) is 0 Å². The van der Waals surface area contributed by atoms with Crippen molar-refractivity contribution in [3.8, 4) is 0 Å². The number of fused-ring (bicyclic) bond motifs is 2. The SMILES string of the molecule is O=c1[nH]sc2ccccc12.c1ccc2sncc2c1. The summed E-state index contributed by atoms with van der Waals surface area (Å²) in [5.74, 6) is 0. The zero-order valence-corrected chi connectivity index (χ0v) is 11.5. The Labute approximate surface area is 117 Å². The molecule has 2 heterocycles. The second-order valence-electron chi connectivity index (χ2n) is 3.89. The average molecular weight is 286 g/mol. The maximum atomic E-state index is 10.9. The standard InChI is InChI=1S/C7H5NOS.C7H5NS/c9-7-5-3-1-2-4-6(5)10-8-7;1-2-4-7-6(3-1)5-8-9-7/h1-4H,(H,8,9);1-5H. The third kappa shape index (κ3) is 2.57. The summed E-state index contributed by atoms with van der Waals surface area (Å²) in [7, 11) is 0. The molecule has 2 aromatic heterocycles. The first-order valence-electron chi connectivity index (χ1n) is 5.70. The molecular formula is C14H10N2OS2. The van der Waals surface area contributed by atoms with Crippen LogP contribution in [-0.4, -0.2) is 8.75 Å². The highest BCUT2D eigenvalue weighted by Crippen LogP contribution is 2.15. The normalized spacial score (nSPS) is 10.3. The number of hydrogen-bond acceptors (Lipinski definition) is 4. The van der Waals surface area contributed by atoms with Crippen molar-refractivity contribution in [2.24, 2.45) is 0 Å². The molecular weight excluding hydrogens is 276 g/mol. The van der Waals surface area contributed by atoms with E-state index in [2.05, 4.69) is 20.9 Å². The number of nitrogens with one attached hydrogen (secondary N) is 1. The number of benzene rings is 2. The van der Waals surface area contributed by atoms with E-state index in [1.807, 2.05) is 42.6 Å². The molecule has 0 fully saturated rings. The van der Waals surface area contributed by atoms with E-state index in [0.29, 0.717) is 0 Å². The molecule has 0 saturated heterocycles. The third-order valence-electron chi connectivity index (χ3n) is 2.65. The van der Waals surface area contributed by atoms with E-state index < -0.39 is 0 Å². The van der Waals surface area contributed by atoms with Gasteiger partial charge < -0.3 is 0 Å². The van der Waals surface area contributed by atoms with Crippen molar-refractivity contribution in [1.82, 2.24) is 8.75 Å². The number of hydrogen-bond donors (Lipinski definition) is 1. The zero-order chi connectivity index (χ0) is 13.1. The summed E-state index contributed by atoms with van der Waals surface area (Å²) in [4.78, 5) is 10.9. The van der Waals surface area contributed by atoms with E-state index in [1.54, 1.807) is 0 Å². The van der Waals surface area contributed by atoms with Crippen molar-refractivity contribution >= 4 is 43.2 Å². The van der Waals surface area contributed by atoms with Gasteiger partial charge in [0.1, 0.15) is 0 Å². The Morgan fingerprint density at radius 1 is 0.947 bits per heavy atom. The lowest BCUT2D eigenvalue weighted by molar-refractivity contribution is 1.46. The number of nitrogens with zero attached hydrogens (tertiary/aromatic N) is 1. The largest absolute Gasteiger partial charge is 0.277 e. The molecule has 19 heavy (non-hydrogen) atoms. The molecule has 0 amide bonds. The van der Waals surface area contributed by atoms with Gasteiger partial charge in [0.2, 0.25) is 0 Å². The fourth-order valence-electron chi connectivity index (χ4n) is 1.71. The fraction of sp³-hybridized carbons (Fsp3) is 0. The Kier molecular flexibility index (Phi) is 3.39. The summed E-state index contributed by atoms with van der Waals surface area (Å²) in [5.41, 5.74) is 0.0144.